The number of unbranched alkanes of at least 4 members (excludes halogenated alkanes) is 1. The van der Waals surface area contributed by atoms with Crippen LogP contribution in [0.5, 0.6) is 0 Å². The highest BCUT2D eigenvalue weighted by atomic mass is 16.2. The molecule has 23 heavy (non-hydrogen) atoms. The van der Waals surface area contributed by atoms with Gasteiger partial charge < -0.3 is 9.80 Å². The number of nitrogens with zero attached hydrogens (tertiary/aromatic N) is 2. The third-order valence-electron chi connectivity index (χ3n) is 4.58. The molecule has 1 fully saturated rings. The summed E-state index contributed by atoms with van der Waals surface area (Å²) < 4.78 is 0. The molecule has 4 heteroatoms. The Kier molecular flexibility index (Phi) is 6.63. The van der Waals surface area contributed by atoms with Crippen LogP contribution in [0.3, 0.4) is 0 Å². The zero-order valence-electron chi connectivity index (χ0n) is 14.3. The van der Waals surface area contributed by atoms with Crippen molar-refractivity contribution in [2.24, 2.45) is 5.92 Å². The van der Waals surface area contributed by atoms with Gasteiger partial charge in [0.2, 0.25) is 11.8 Å². The fraction of sp³-hybridized carbons (Fsp3) is 0.579. The maximum atomic E-state index is 12.6. The Balaban J connectivity index is 1.80. The average Bonchev–Trinajstić information content (AvgIpc) is 2.60. The summed E-state index contributed by atoms with van der Waals surface area (Å²) in [6.07, 6.45) is 4.22. The highest BCUT2D eigenvalue weighted by Crippen LogP contribution is 2.21. The molecule has 0 spiro atoms. The van der Waals surface area contributed by atoms with Crippen LogP contribution in [0.4, 0.5) is 0 Å². The van der Waals surface area contributed by atoms with Crippen molar-refractivity contribution in [3.05, 3.63) is 35.9 Å². The van der Waals surface area contributed by atoms with E-state index in [-0.39, 0.29) is 17.7 Å². The van der Waals surface area contributed by atoms with Gasteiger partial charge in [-0.15, -0.1) is 0 Å². The molecule has 0 bridgehead atoms. The van der Waals surface area contributed by atoms with Crippen LogP contribution >= 0.6 is 0 Å². The third kappa shape index (κ3) is 5.08. The molecule has 0 atom stereocenters. The van der Waals surface area contributed by atoms with Crippen molar-refractivity contribution in [3.63, 3.8) is 0 Å². The van der Waals surface area contributed by atoms with Crippen molar-refractivity contribution in [1.29, 1.82) is 0 Å². The number of hydrogen-bond acceptors (Lipinski definition) is 2. The number of carbonyl (C=O) groups is 2. The summed E-state index contributed by atoms with van der Waals surface area (Å²) >= 11 is 0. The van der Waals surface area contributed by atoms with Gasteiger partial charge in [-0.25, -0.2) is 0 Å². The average molecular weight is 316 g/mol. The van der Waals surface area contributed by atoms with Gasteiger partial charge in [0, 0.05) is 39.0 Å². The van der Waals surface area contributed by atoms with Crippen LogP contribution in [-0.4, -0.2) is 41.8 Å². The number of piperidine rings is 1. The van der Waals surface area contributed by atoms with Crippen LogP contribution in [0.1, 0.15) is 44.6 Å². The number of likely N-dealkylation sites (tertiary alicyclic amines) is 1. The molecule has 0 radical (unpaired) electrons. The second-order valence-corrected chi connectivity index (χ2v) is 6.44. The Labute approximate surface area is 139 Å². The van der Waals surface area contributed by atoms with Gasteiger partial charge in [-0.3, -0.25) is 9.59 Å². The lowest BCUT2D eigenvalue weighted by Gasteiger charge is -2.33. The molecule has 1 aromatic rings. The summed E-state index contributed by atoms with van der Waals surface area (Å²) in [5.74, 6) is 0.504. The predicted octanol–water partition coefficient (Wildman–Crippen LogP) is 3.07. The Morgan fingerprint density at radius 2 is 1.83 bits per heavy atom. The molecular weight excluding hydrogens is 288 g/mol. The lowest BCUT2D eigenvalue weighted by Crippen LogP contribution is -2.43. The first-order chi connectivity index (χ1) is 11.1. The van der Waals surface area contributed by atoms with Crippen LogP contribution in [0.2, 0.25) is 0 Å². The first-order valence-electron chi connectivity index (χ1n) is 8.68. The molecule has 2 amide bonds. The predicted molar refractivity (Wildman–Crippen MR) is 91.7 cm³/mol. The molecule has 0 aromatic heterocycles. The van der Waals surface area contributed by atoms with Gasteiger partial charge in [-0.1, -0.05) is 43.7 Å². The van der Waals surface area contributed by atoms with E-state index < -0.39 is 0 Å². The van der Waals surface area contributed by atoms with Gasteiger partial charge in [0.1, 0.15) is 0 Å². The van der Waals surface area contributed by atoms with Crippen molar-refractivity contribution in [3.8, 4) is 0 Å². The molecule has 0 saturated carbocycles. The van der Waals surface area contributed by atoms with E-state index in [0.717, 1.165) is 44.3 Å². The molecule has 2 rings (SSSR count). The molecular formula is C19H28N2O2. The molecule has 1 aliphatic rings. The van der Waals surface area contributed by atoms with Crippen molar-refractivity contribution >= 4 is 11.8 Å². The topological polar surface area (TPSA) is 40.6 Å². The lowest BCUT2D eigenvalue weighted by molar-refractivity contribution is -0.140. The lowest BCUT2D eigenvalue weighted by atomic mass is 9.95. The van der Waals surface area contributed by atoms with Crippen LogP contribution in [0, 0.1) is 5.92 Å². The van der Waals surface area contributed by atoms with E-state index in [1.54, 1.807) is 0 Å². The fourth-order valence-corrected chi connectivity index (χ4v) is 3.11. The number of rotatable bonds is 6. The molecule has 0 unspecified atom stereocenters. The molecule has 1 heterocycles. The van der Waals surface area contributed by atoms with E-state index in [1.165, 1.54) is 0 Å². The number of amides is 2. The van der Waals surface area contributed by atoms with Crippen LogP contribution in [0.25, 0.3) is 0 Å². The highest BCUT2D eigenvalue weighted by Gasteiger charge is 2.28. The monoisotopic (exact) mass is 316 g/mol. The Bertz CT molecular complexity index is 507. The quantitative estimate of drug-likeness (QED) is 0.809. The van der Waals surface area contributed by atoms with E-state index in [0.29, 0.717) is 13.0 Å². The highest BCUT2D eigenvalue weighted by molar-refractivity contribution is 5.80. The first kappa shape index (κ1) is 17.5. The van der Waals surface area contributed by atoms with Crippen LogP contribution in [0.15, 0.2) is 30.3 Å². The molecule has 1 saturated heterocycles. The van der Waals surface area contributed by atoms with Crippen molar-refractivity contribution in [1.82, 2.24) is 9.80 Å². The first-order valence-corrected chi connectivity index (χ1v) is 8.68. The molecule has 0 aliphatic carbocycles. The van der Waals surface area contributed by atoms with Gasteiger partial charge >= 0.3 is 0 Å². The van der Waals surface area contributed by atoms with Crippen molar-refractivity contribution in [2.45, 2.75) is 45.6 Å². The summed E-state index contributed by atoms with van der Waals surface area (Å²) in [4.78, 5) is 28.4. The summed E-state index contributed by atoms with van der Waals surface area (Å²) in [5, 5.41) is 0. The van der Waals surface area contributed by atoms with E-state index in [2.05, 4.69) is 6.92 Å². The van der Waals surface area contributed by atoms with E-state index in [4.69, 9.17) is 0 Å². The van der Waals surface area contributed by atoms with Crippen molar-refractivity contribution in [2.75, 3.05) is 20.1 Å². The second-order valence-electron chi connectivity index (χ2n) is 6.44. The SMILES string of the molecule is CCCCC(=O)N1CCC(C(=O)N(C)Cc2ccccc2)CC1. The molecule has 4 nitrogen and oxygen atoms in total. The van der Waals surface area contributed by atoms with E-state index in [1.807, 2.05) is 47.2 Å². The third-order valence-corrected chi connectivity index (χ3v) is 4.58. The van der Waals surface area contributed by atoms with E-state index >= 15 is 0 Å². The molecule has 1 aromatic carbocycles. The maximum absolute atomic E-state index is 12.6. The van der Waals surface area contributed by atoms with E-state index in [9.17, 15) is 9.59 Å². The van der Waals surface area contributed by atoms with Gasteiger partial charge in [0.25, 0.3) is 0 Å². The fourth-order valence-electron chi connectivity index (χ4n) is 3.11. The van der Waals surface area contributed by atoms with Gasteiger partial charge in [-0.05, 0) is 24.8 Å². The summed E-state index contributed by atoms with van der Waals surface area (Å²) in [6, 6.07) is 10.1. The number of benzene rings is 1. The summed E-state index contributed by atoms with van der Waals surface area (Å²) in [6.45, 7) is 4.19. The largest absolute Gasteiger partial charge is 0.343 e. The van der Waals surface area contributed by atoms with Crippen LogP contribution < -0.4 is 0 Å². The second kappa shape index (κ2) is 8.70. The molecule has 0 N–H and O–H groups in total. The summed E-state index contributed by atoms with van der Waals surface area (Å²) in [5.41, 5.74) is 1.15. The minimum Gasteiger partial charge on any atom is -0.343 e. The molecule has 1 aliphatic heterocycles. The maximum Gasteiger partial charge on any atom is 0.225 e. The normalized spacial score (nSPS) is 15.5. The van der Waals surface area contributed by atoms with Gasteiger partial charge in [-0.2, -0.15) is 0 Å². The minimum atomic E-state index is 0.0546. The standard InChI is InChI=1S/C19H28N2O2/c1-3-4-10-18(22)21-13-11-17(12-14-21)19(23)20(2)15-16-8-6-5-7-9-16/h5-9,17H,3-4,10-15H2,1-2H3. The number of carbonyl (C=O) groups excluding carboxylic acids is 2. The number of hydrogen-bond donors (Lipinski definition) is 0. The Hall–Kier alpha value is -1.84. The Morgan fingerprint density at radius 1 is 1.17 bits per heavy atom. The smallest absolute Gasteiger partial charge is 0.225 e. The molecule has 126 valence electrons. The zero-order valence-corrected chi connectivity index (χ0v) is 14.3. The Morgan fingerprint density at radius 3 is 2.43 bits per heavy atom. The van der Waals surface area contributed by atoms with Gasteiger partial charge in [0.05, 0.1) is 0 Å². The van der Waals surface area contributed by atoms with Crippen LogP contribution in [-0.2, 0) is 16.1 Å². The zero-order chi connectivity index (χ0) is 16.7. The van der Waals surface area contributed by atoms with Gasteiger partial charge in [0.15, 0.2) is 0 Å². The minimum absolute atomic E-state index is 0.0546. The van der Waals surface area contributed by atoms with Crippen molar-refractivity contribution < 1.29 is 9.59 Å². The summed E-state index contributed by atoms with van der Waals surface area (Å²) in [7, 11) is 1.87.